The maximum Gasteiger partial charge on any atom is 0.266 e. The summed E-state index contributed by atoms with van der Waals surface area (Å²) in [7, 11) is 0. The van der Waals surface area contributed by atoms with E-state index in [0.717, 1.165) is 31.2 Å². The first kappa shape index (κ1) is 17.5. The van der Waals surface area contributed by atoms with Crippen molar-refractivity contribution in [1.82, 2.24) is 0 Å². The van der Waals surface area contributed by atoms with Crippen LogP contribution in [-0.2, 0) is 4.79 Å². The minimum Gasteiger partial charge on any atom is -0.324 e. The average molecular weight is 362 g/mol. The Kier molecular flexibility index (Phi) is 4.52. The quantitative estimate of drug-likeness (QED) is 0.827. The number of nitrogens with one attached hydrogen (secondary N) is 1. The summed E-state index contributed by atoms with van der Waals surface area (Å²) in [4.78, 5) is 39.6. The fraction of sp³-hybridized carbons (Fsp3) is 0.318. The monoisotopic (exact) mass is 362 g/mol. The van der Waals surface area contributed by atoms with Crippen molar-refractivity contribution in [1.29, 1.82) is 0 Å². The Labute approximate surface area is 158 Å². The summed E-state index contributed by atoms with van der Waals surface area (Å²) in [5.74, 6) is -0.741. The molecular formula is C22H22N2O3. The minimum absolute atomic E-state index is 0.00455. The first-order valence-corrected chi connectivity index (χ1v) is 9.45. The second-order valence-corrected chi connectivity index (χ2v) is 7.34. The van der Waals surface area contributed by atoms with Gasteiger partial charge in [0.25, 0.3) is 11.8 Å². The van der Waals surface area contributed by atoms with Crippen molar-refractivity contribution in [2.75, 3.05) is 10.2 Å². The van der Waals surface area contributed by atoms with Crippen LogP contribution in [0.25, 0.3) is 0 Å². The van der Waals surface area contributed by atoms with E-state index in [-0.39, 0.29) is 23.6 Å². The number of anilines is 2. The zero-order valence-electron chi connectivity index (χ0n) is 15.3. The molecule has 1 heterocycles. The molecule has 4 rings (SSSR count). The zero-order valence-corrected chi connectivity index (χ0v) is 15.3. The maximum atomic E-state index is 12.9. The molecule has 5 heteroatoms. The molecule has 1 N–H and O–H groups in total. The lowest BCUT2D eigenvalue weighted by atomic mass is 9.88. The van der Waals surface area contributed by atoms with Gasteiger partial charge in [0.1, 0.15) is 0 Å². The summed E-state index contributed by atoms with van der Waals surface area (Å²) in [6, 6.07) is 12.2. The Balaban J connectivity index is 1.67. The number of rotatable bonds is 3. The van der Waals surface area contributed by atoms with Gasteiger partial charge in [-0.3, -0.25) is 14.4 Å². The molecule has 0 spiro atoms. The number of carbonyl (C=O) groups excluding carboxylic acids is 3. The molecular weight excluding hydrogens is 340 g/mol. The third-order valence-electron chi connectivity index (χ3n) is 5.42. The first-order valence-electron chi connectivity index (χ1n) is 9.45. The molecule has 0 radical (unpaired) electrons. The molecule has 1 aliphatic carbocycles. The predicted octanol–water partition coefficient (Wildman–Crippen LogP) is 4.31. The highest BCUT2D eigenvalue weighted by Gasteiger charge is 2.37. The van der Waals surface area contributed by atoms with Gasteiger partial charge in [-0.05, 0) is 49.6 Å². The molecule has 5 nitrogen and oxygen atoms in total. The molecule has 1 saturated carbocycles. The van der Waals surface area contributed by atoms with Crippen LogP contribution in [0.5, 0.6) is 0 Å². The summed E-state index contributed by atoms with van der Waals surface area (Å²) >= 11 is 0. The molecule has 2 aromatic carbocycles. The van der Waals surface area contributed by atoms with Crippen molar-refractivity contribution in [3.8, 4) is 0 Å². The predicted molar refractivity (Wildman–Crippen MR) is 104 cm³/mol. The largest absolute Gasteiger partial charge is 0.324 e. The van der Waals surface area contributed by atoms with Crippen LogP contribution in [0, 0.1) is 12.8 Å². The first-order chi connectivity index (χ1) is 13.1. The SMILES string of the molecule is Cc1ccc(NC(=O)C2CCCCC2)c(N2C(=O)c3ccccc3C2=O)c1. The molecule has 0 bridgehead atoms. The van der Waals surface area contributed by atoms with Gasteiger partial charge < -0.3 is 5.32 Å². The Morgan fingerprint density at radius 1 is 0.963 bits per heavy atom. The summed E-state index contributed by atoms with van der Waals surface area (Å²) in [6.07, 6.45) is 5.09. The Morgan fingerprint density at radius 2 is 1.59 bits per heavy atom. The Hall–Kier alpha value is -2.95. The lowest BCUT2D eigenvalue weighted by molar-refractivity contribution is -0.120. The highest BCUT2D eigenvalue weighted by Crippen LogP contribution is 2.35. The van der Waals surface area contributed by atoms with Gasteiger partial charge in [0.05, 0.1) is 22.5 Å². The van der Waals surface area contributed by atoms with E-state index in [9.17, 15) is 14.4 Å². The molecule has 2 aromatic rings. The van der Waals surface area contributed by atoms with E-state index in [0.29, 0.717) is 22.5 Å². The summed E-state index contributed by atoms with van der Waals surface area (Å²) < 4.78 is 0. The van der Waals surface area contributed by atoms with Crippen LogP contribution in [-0.4, -0.2) is 17.7 Å². The van der Waals surface area contributed by atoms with Crippen molar-refractivity contribution in [3.63, 3.8) is 0 Å². The lowest BCUT2D eigenvalue weighted by Crippen LogP contribution is -2.31. The topological polar surface area (TPSA) is 66.5 Å². The molecule has 0 aromatic heterocycles. The van der Waals surface area contributed by atoms with Crippen molar-refractivity contribution >= 4 is 29.1 Å². The van der Waals surface area contributed by atoms with Crippen molar-refractivity contribution in [2.45, 2.75) is 39.0 Å². The van der Waals surface area contributed by atoms with E-state index in [1.54, 1.807) is 36.4 Å². The number of aryl methyl sites for hydroxylation is 1. The zero-order chi connectivity index (χ0) is 19.0. The number of amides is 3. The maximum absolute atomic E-state index is 12.9. The molecule has 0 unspecified atom stereocenters. The van der Waals surface area contributed by atoms with Crippen LogP contribution in [0.4, 0.5) is 11.4 Å². The van der Waals surface area contributed by atoms with Gasteiger partial charge in [-0.25, -0.2) is 4.90 Å². The number of benzene rings is 2. The van der Waals surface area contributed by atoms with E-state index in [1.165, 1.54) is 11.3 Å². The summed E-state index contributed by atoms with van der Waals surface area (Å²) in [5.41, 5.74) is 2.65. The Morgan fingerprint density at radius 3 is 2.22 bits per heavy atom. The van der Waals surface area contributed by atoms with Gasteiger partial charge in [-0.1, -0.05) is 37.5 Å². The third kappa shape index (κ3) is 3.14. The normalized spacial score (nSPS) is 17.1. The average Bonchev–Trinajstić information content (AvgIpc) is 2.95. The van der Waals surface area contributed by atoms with Gasteiger partial charge in [-0.15, -0.1) is 0 Å². The number of carbonyl (C=O) groups is 3. The highest BCUT2D eigenvalue weighted by molar-refractivity contribution is 6.35. The van der Waals surface area contributed by atoms with Crippen LogP contribution < -0.4 is 10.2 Å². The number of hydrogen-bond acceptors (Lipinski definition) is 3. The molecule has 3 amide bonds. The molecule has 27 heavy (non-hydrogen) atoms. The molecule has 0 atom stereocenters. The van der Waals surface area contributed by atoms with Crippen LogP contribution in [0.3, 0.4) is 0 Å². The van der Waals surface area contributed by atoms with E-state index in [4.69, 9.17) is 0 Å². The van der Waals surface area contributed by atoms with E-state index in [2.05, 4.69) is 5.32 Å². The second-order valence-electron chi connectivity index (χ2n) is 7.34. The molecule has 1 fully saturated rings. The number of nitrogens with zero attached hydrogens (tertiary/aromatic N) is 1. The van der Waals surface area contributed by atoms with Crippen molar-refractivity contribution < 1.29 is 14.4 Å². The molecule has 138 valence electrons. The third-order valence-corrected chi connectivity index (χ3v) is 5.42. The number of hydrogen-bond donors (Lipinski definition) is 1. The van der Waals surface area contributed by atoms with E-state index in [1.807, 2.05) is 13.0 Å². The van der Waals surface area contributed by atoms with Crippen molar-refractivity contribution in [3.05, 3.63) is 59.2 Å². The van der Waals surface area contributed by atoms with Gasteiger partial charge >= 0.3 is 0 Å². The minimum atomic E-state index is -0.352. The molecule has 0 saturated heterocycles. The van der Waals surface area contributed by atoms with Crippen LogP contribution >= 0.6 is 0 Å². The van der Waals surface area contributed by atoms with Crippen LogP contribution in [0.2, 0.25) is 0 Å². The van der Waals surface area contributed by atoms with E-state index >= 15 is 0 Å². The highest BCUT2D eigenvalue weighted by atomic mass is 16.2. The lowest BCUT2D eigenvalue weighted by Gasteiger charge is -2.23. The fourth-order valence-electron chi connectivity index (χ4n) is 3.94. The fourth-order valence-corrected chi connectivity index (χ4v) is 3.94. The van der Waals surface area contributed by atoms with Gasteiger partial charge in [0, 0.05) is 5.92 Å². The smallest absolute Gasteiger partial charge is 0.266 e. The van der Waals surface area contributed by atoms with Gasteiger partial charge in [0.2, 0.25) is 5.91 Å². The van der Waals surface area contributed by atoms with Crippen LogP contribution in [0.1, 0.15) is 58.4 Å². The van der Waals surface area contributed by atoms with Gasteiger partial charge in [0.15, 0.2) is 0 Å². The van der Waals surface area contributed by atoms with Crippen molar-refractivity contribution in [2.24, 2.45) is 5.92 Å². The Bertz CT molecular complexity index is 894. The second kappa shape index (κ2) is 6.99. The standard InChI is InChI=1S/C22H22N2O3/c1-14-11-12-18(23-20(25)15-7-3-2-4-8-15)19(13-14)24-21(26)16-9-5-6-10-17(16)22(24)27/h5-6,9-13,15H,2-4,7-8H2,1H3,(H,23,25). The van der Waals surface area contributed by atoms with Gasteiger partial charge in [-0.2, -0.15) is 0 Å². The summed E-state index contributed by atoms with van der Waals surface area (Å²) in [6.45, 7) is 1.90. The summed E-state index contributed by atoms with van der Waals surface area (Å²) in [5, 5.41) is 2.97. The number of imide groups is 1. The molecule has 2 aliphatic rings. The number of fused-ring (bicyclic) bond motifs is 1. The van der Waals surface area contributed by atoms with E-state index < -0.39 is 0 Å². The molecule has 1 aliphatic heterocycles. The van der Waals surface area contributed by atoms with Crippen LogP contribution in [0.15, 0.2) is 42.5 Å².